The van der Waals surface area contributed by atoms with E-state index in [0.29, 0.717) is 5.56 Å². The molecule has 0 fully saturated rings. The third kappa shape index (κ3) is 4.48. The molecular formula is C16H18NO4V-3. The molecule has 0 bridgehead atoms. The number of carbonyl (C=O) groups is 1. The fourth-order valence-corrected chi connectivity index (χ4v) is 2.23. The molecule has 2 aromatic carbocycles. The Bertz CT molecular complexity index is 631. The van der Waals surface area contributed by atoms with Crippen molar-refractivity contribution in [2.24, 2.45) is 5.92 Å². The number of benzene rings is 2. The molecule has 1 atom stereocenters. The van der Waals surface area contributed by atoms with E-state index >= 15 is 0 Å². The zero-order valence-corrected chi connectivity index (χ0v) is 13.8. The summed E-state index contributed by atoms with van der Waals surface area (Å²) in [6.45, 7) is 3.63. The van der Waals surface area contributed by atoms with Crippen LogP contribution in [-0.4, -0.2) is 17.5 Å². The van der Waals surface area contributed by atoms with E-state index in [9.17, 15) is 15.0 Å². The van der Waals surface area contributed by atoms with Gasteiger partial charge in [0.2, 0.25) is 0 Å². The Morgan fingerprint density at radius 1 is 1.18 bits per heavy atom. The number of hydrogen-bond donors (Lipinski definition) is 0. The Morgan fingerprint density at radius 2 is 1.82 bits per heavy atom. The van der Waals surface area contributed by atoms with Crippen molar-refractivity contribution in [2.75, 3.05) is 0 Å². The van der Waals surface area contributed by atoms with Crippen LogP contribution in [0.2, 0.25) is 0 Å². The molecule has 2 N–H and O–H groups in total. The summed E-state index contributed by atoms with van der Waals surface area (Å²) in [5.41, 5.74) is 0.537. The van der Waals surface area contributed by atoms with Gasteiger partial charge in [-0.1, -0.05) is 67.8 Å². The van der Waals surface area contributed by atoms with Crippen LogP contribution in [0.15, 0.2) is 36.4 Å². The van der Waals surface area contributed by atoms with Gasteiger partial charge >= 0.3 is 0 Å². The van der Waals surface area contributed by atoms with Crippen LogP contribution in [-0.2, 0) is 29.9 Å². The van der Waals surface area contributed by atoms with Crippen LogP contribution < -0.4 is 10.2 Å². The van der Waals surface area contributed by atoms with Gasteiger partial charge in [0.25, 0.3) is 0 Å². The first-order valence-corrected chi connectivity index (χ1v) is 6.56. The van der Waals surface area contributed by atoms with Gasteiger partial charge in [0, 0.05) is 24.5 Å². The molecule has 0 aliphatic rings. The minimum Gasteiger partial charge on any atom is -0.872 e. The first-order valence-electron chi connectivity index (χ1n) is 6.56. The largest absolute Gasteiger partial charge is 0.872 e. The third-order valence-corrected chi connectivity index (χ3v) is 3.32. The van der Waals surface area contributed by atoms with E-state index in [1.165, 1.54) is 6.07 Å². The molecule has 0 saturated heterocycles. The zero-order valence-electron chi connectivity index (χ0n) is 12.4. The minimum absolute atomic E-state index is 0. The van der Waals surface area contributed by atoms with Gasteiger partial charge in [-0.3, -0.25) is 0 Å². The summed E-state index contributed by atoms with van der Waals surface area (Å²) < 4.78 is 0. The molecule has 0 aliphatic heterocycles. The molecular weight excluding hydrogens is 321 g/mol. The molecule has 0 heterocycles. The summed E-state index contributed by atoms with van der Waals surface area (Å²) in [5, 5.41) is 28.9. The summed E-state index contributed by atoms with van der Waals surface area (Å²) in [4.78, 5) is 11.0. The van der Waals surface area contributed by atoms with E-state index in [1.807, 2.05) is 24.3 Å². The zero-order chi connectivity index (χ0) is 14.7. The molecule has 1 radical (unpaired) electrons. The molecule has 0 unspecified atom stereocenters. The summed E-state index contributed by atoms with van der Waals surface area (Å²) >= 11 is 0. The quantitative estimate of drug-likeness (QED) is 0.801. The van der Waals surface area contributed by atoms with Crippen LogP contribution in [0, 0.1) is 5.92 Å². The van der Waals surface area contributed by atoms with Gasteiger partial charge in [-0.15, -0.1) is 12.3 Å². The van der Waals surface area contributed by atoms with Crippen molar-refractivity contribution in [1.29, 1.82) is 0 Å². The number of fused-ring (bicyclic) bond motifs is 1. The Kier molecular flexibility index (Phi) is 8.19. The molecule has 119 valence electrons. The maximum Gasteiger partial charge on any atom is 0.0242 e. The number of carbonyl (C=O) groups excluding carboxylic acids is 1. The van der Waals surface area contributed by atoms with Crippen molar-refractivity contribution in [3.8, 4) is 5.75 Å². The molecule has 0 aromatic heterocycles. The molecule has 22 heavy (non-hydrogen) atoms. The van der Waals surface area contributed by atoms with Crippen LogP contribution in [0.5, 0.6) is 5.75 Å². The van der Waals surface area contributed by atoms with Gasteiger partial charge in [-0.05, 0) is 10.8 Å². The van der Waals surface area contributed by atoms with E-state index in [2.05, 4.69) is 5.32 Å². The van der Waals surface area contributed by atoms with Crippen LogP contribution in [0.25, 0.3) is 16.1 Å². The van der Waals surface area contributed by atoms with Gasteiger partial charge in [-0.25, -0.2) is 0 Å². The van der Waals surface area contributed by atoms with Crippen molar-refractivity contribution < 1.29 is 39.0 Å². The summed E-state index contributed by atoms with van der Waals surface area (Å²) in [5.74, 6) is -1.48. The Labute approximate surface area is 141 Å². The number of aliphatic carboxylic acids is 1. The monoisotopic (exact) mass is 339 g/mol. The van der Waals surface area contributed by atoms with Crippen molar-refractivity contribution in [3.05, 3.63) is 47.3 Å². The van der Waals surface area contributed by atoms with Gasteiger partial charge < -0.3 is 25.8 Å². The Balaban J connectivity index is 0.00000220. The van der Waals surface area contributed by atoms with Crippen LogP contribution in [0.4, 0.5) is 0 Å². The maximum atomic E-state index is 12.0. The molecule has 0 amide bonds. The first-order chi connectivity index (χ1) is 9.50. The normalized spacial score (nSPS) is 11.6. The van der Waals surface area contributed by atoms with E-state index in [0.717, 1.165) is 10.8 Å². The van der Waals surface area contributed by atoms with Gasteiger partial charge in [0.15, 0.2) is 0 Å². The topological polar surface area (TPSA) is 109 Å². The molecule has 0 aliphatic carbocycles. The third-order valence-electron chi connectivity index (χ3n) is 3.32. The van der Waals surface area contributed by atoms with Crippen molar-refractivity contribution in [3.63, 3.8) is 0 Å². The molecule has 6 heteroatoms. The van der Waals surface area contributed by atoms with Crippen molar-refractivity contribution in [1.82, 2.24) is 0 Å². The molecule has 2 aromatic rings. The molecule has 2 rings (SSSR count). The number of hydrogen-bond acceptors (Lipinski definition) is 3. The predicted molar refractivity (Wildman–Crippen MR) is 77.7 cm³/mol. The second kappa shape index (κ2) is 8.81. The van der Waals surface area contributed by atoms with Crippen LogP contribution in [0.3, 0.4) is 0 Å². The van der Waals surface area contributed by atoms with Crippen LogP contribution in [0.1, 0.15) is 19.4 Å². The summed E-state index contributed by atoms with van der Waals surface area (Å²) in [7, 11) is 0. The smallest absolute Gasteiger partial charge is 0.0242 e. The van der Waals surface area contributed by atoms with Gasteiger partial charge in [0.05, 0.1) is 0 Å². The maximum absolute atomic E-state index is 12.0. The van der Waals surface area contributed by atoms with E-state index < -0.39 is 12.0 Å². The number of carboxylic acids is 1. The Morgan fingerprint density at radius 3 is 2.41 bits per heavy atom. The first kappa shape index (κ1) is 20.5. The van der Waals surface area contributed by atoms with Gasteiger partial charge in [-0.2, -0.15) is 0 Å². The summed E-state index contributed by atoms with van der Waals surface area (Å²) in [6, 6.07) is 9.88. The number of nitrogens with zero attached hydrogens (tertiary/aromatic N) is 1. The molecule has 0 saturated carbocycles. The second-order valence-corrected chi connectivity index (χ2v) is 5.11. The van der Waals surface area contributed by atoms with E-state index in [4.69, 9.17) is 0 Å². The number of rotatable bonds is 5. The standard InChI is InChI=1S/C16H18NO3.H2O.V/c1-10(2)15(16(19)20)17-9-13-12-6-4-3-5-11(12)7-8-14(13)18;;/h3-8,10,15,18H,9H2,1-2H3,(H,19,20);1H2;/q-1;;/p-2/t15-;;/m0../s1. The fraction of sp³-hybridized carbons (Fsp3) is 0.312. The second-order valence-electron chi connectivity index (χ2n) is 5.11. The van der Waals surface area contributed by atoms with E-state index in [1.54, 1.807) is 19.9 Å². The SMILES string of the molecule is CC(C)[C@H]([N-]Cc1c([O-])ccc2ccccc12)C(=O)[O-].O.[V]. The van der Waals surface area contributed by atoms with Gasteiger partial charge in [0.1, 0.15) is 0 Å². The van der Waals surface area contributed by atoms with Crippen molar-refractivity contribution in [2.45, 2.75) is 26.4 Å². The van der Waals surface area contributed by atoms with Crippen molar-refractivity contribution >= 4 is 16.7 Å². The molecule has 5 nitrogen and oxygen atoms in total. The fourth-order valence-electron chi connectivity index (χ4n) is 2.23. The number of carboxylic acid groups (broad SMARTS) is 1. The summed E-state index contributed by atoms with van der Waals surface area (Å²) in [6.07, 6.45) is 0. The molecule has 0 spiro atoms. The Hall–Kier alpha value is -1.53. The van der Waals surface area contributed by atoms with E-state index in [-0.39, 0.29) is 42.2 Å². The average Bonchev–Trinajstić information content (AvgIpc) is 2.40. The predicted octanol–water partition coefficient (Wildman–Crippen LogP) is 0.734. The minimum atomic E-state index is -1.20. The average molecular weight is 339 g/mol. The van der Waals surface area contributed by atoms with Crippen LogP contribution >= 0.6 is 0 Å².